The Bertz CT molecular complexity index is 845. The van der Waals surface area contributed by atoms with Gasteiger partial charge >= 0.3 is 5.97 Å². The van der Waals surface area contributed by atoms with Crippen molar-refractivity contribution >= 4 is 34.2 Å². The molecule has 23 heavy (non-hydrogen) atoms. The number of piperidine rings is 1. The normalized spacial score (nSPS) is 18.4. The zero-order chi connectivity index (χ0) is 15.8. The van der Waals surface area contributed by atoms with E-state index in [1.807, 2.05) is 22.4 Å². The third-order valence-electron chi connectivity index (χ3n) is 4.17. The number of hydrogen-bond acceptors (Lipinski definition) is 6. The van der Waals surface area contributed by atoms with Crippen LogP contribution >= 0.6 is 11.3 Å². The highest BCUT2D eigenvalue weighted by molar-refractivity contribution is 7.13. The van der Waals surface area contributed by atoms with Gasteiger partial charge in [0.25, 0.3) is 0 Å². The summed E-state index contributed by atoms with van der Waals surface area (Å²) in [5, 5.41) is 19.5. The smallest absolute Gasteiger partial charge is 0.308 e. The summed E-state index contributed by atoms with van der Waals surface area (Å²) in [5.41, 5.74) is 1.50. The second kappa shape index (κ2) is 5.62. The number of hydrogen-bond donors (Lipinski definition) is 2. The number of nitrogens with one attached hydrogen (secondary N) is 1. The first-order chi connectivity index (χ1) is 11.2. The summed E-state index contributed by atoms with van der Waals surface area (Å²) in [7, 11) is 0. The number of carboxylic acids is 1. The van der Waals surface area contributed by atoms with Gasteiger partial charge in [0.15, 0.2) is 5.65 Å². The molecular weight excluding hydrogens is 314 g/mol. The van der Waals surface area contributed by atoms with Crippen LogP contribution in [0.2, 0.25) is 0 Å². The predicted octanol–water partition coefficient (Wildman–Crippen LogP) is 2.38. The predicted molar refractivity (Wildman–Crippen MR) is 87.6 cm³/mol. The number of aliphatic carboxylic acids is 1. The molecule has 1 atom stereocenters. The Kier molecular flexibility index (Phi) is 3.45. The minimum atomic E-state index is -0.745. The Hall–Kier alpha value is -2.48. The number of anilines is 1. The lowest BCUT2D eigenvalue weighted by molar-refractivity contribution is -0.141. The molecule has 1 unspecified atom stereocenters. The van der Waals surface area contributed by atoms with E-state index in [0.29, 0.717) is 18.6 Å². The Balaban J connectivity index is 1.81. The fraction of sp³-hybridized carbons (Fsp3) is 0.333. The van der Waals surface area contributed by atoms with Gasteiger partial charge in [-0.1, -0.05) is 6.07 Å². The van der Waals surface area contributed by atoms with Gasteiger partial charge in [-0.2, -0.15) is 5.10 Å². The first-order valence-corrected chi connectivity index (χ1v) is 8.32. The van der Waals surface area contributed by atoms with E-state index in [-0.39, 0.29) is 5.92 Å². The number of H-pyrrole nitrogens is 1. The molecule has 0 bridgehead atoms. The summed E-state index contributed by atoms with van der Waals surface area (Å²) in [6.07, 6.45) is 3.04. The van der Waals surface area contributed by atoms with E-state index in [4.69, 9.17) is 0 Å². The molecule has 8 heteroatoms. The molecule has 1 fully saturated rings. The van der Waals surface area contributed by atoms with Crippen LogP contribution < -0.4 is 4.90 Å². The van der Waals surface area contributed by atoms with Gasteiger partial charge in [-0.05, 0) is 24.3 Å². The van der Waals surface area contributed by atoms with Crippen molar-refractivity contribution in [3.05, 3.63) is 23.8 Å². The van der Waals surface area contributed by atoms with Crippen LogP contribution in [-0.4, -0.2) is 44.3 Å². The molecule has 0 spiro atoms. The largest absolute Gasteiger partial charge is 0.481 e. The molecule has 0 radical (unpaired) electrons. The van der Waals surface area contributed by atoms with Gasteiger partial charge in [-0.3, -0.25) is 9.89 Å². The lowest BCUT2D eigenvalue weighted by Gasteiger charge is -2.31. The number of aromatic amines is 1. The van der Waals surface area contributed by atoms with E-state index in [0.717, 1.165) is 34.7 Å². The van der Waals surface area contributed by atoms with Crippen molar-refractivity contribution < 1.29 is 9.90 Å². The monoisotopic (exact) mass is 329 g/mol. The summed E-state index contributed by atoms with van der Waals surface area (Å²) in [5.74, 6) is -0.338. The van der Waals surface area contributed by atoms with Gasteiger partial charge in [-0.15, -0.1) is 11.3 Å². The van der Waals surface area contributed by atoms with E-state index in [9.17, 15) is 9.90 Å². The Labute approximate surface area is 136 Å². The second-order valence-electron chi connectivity index (χ2n) is 5.60. The quantitative estimate of drug-likeness (QED) is 0.766. The molecule has 7 nitrogen and oxygen atoms in total. The molecule has 1 aliphatic heterocycles. The second-order valence-corrected chi connectivity index (χ2v) is 6.54. The molecular formula is C15H15N5O2S. The lowest BCUT2D eigenvalue weighted by Crippen LogP contribution is -2.39. The lowest BCUT2D eigenvalue weighted by atomic mass is 9.98. The molecule has 0 amide bonds. The van der Waals surface area contributed by atoms with Crippen molar-refractivity contribution in [2.24, 2.45) is 5.92 Å². The van der Waals surface area contributed by atoms with Crippen molar-refractivity contribution in [2.45, 2.75) is 12.8 Å². The van der Waals surface area contributed by atoms with Gasteiger partial charge in [0.2, 0.25) is 0 Å². The van der Waals surface area contributed by atoms with Crippen molar-refractivity contribution in [1.82, 2.24) is 20.2 Å². The third-order valence-corrected chi connectivity index (χ3v) is 5.06. The van der Waals surface area contributed by atoms with Gasteiger partial charge in [0, 0.05) is 13.1 Å². The van der Waals surface area contributed by atoms with Gasteiger partial charge < -0.3 is 10.0 Å². The number of carbonyl (C=O) groups is 1. The fourth-order valence-electron chi connectivity index (χ4n) is 3.05. The molecule has 1 aliphatic rings. The Morgan fingerprint density at radius 3 is 3.13 bits per heavy atom. The van der Waals surface area contributed by atoms with Crippen molar-refractivity contribution in [3.63, 3.8) is 0 Å². The zero-order valence-electron chi connectivity index (χ0n) is 12.3. The molecule has 118 valence electrons. The summed E-state index contributed by atoms with van der Waals surface area (Å²) in [4.78, 5) is 23.1. The van der Waals surface area contributed by atoms with E-state index in [2.05, 4.69) is 20.2 Å². The maximum absolute atomic E-state index is 11.3. The van der Waals surface area contributed by atoms with Crippen molar-refractivity contribution in [2.75, 3.05) is 18.0 Å². The maximum atomic E-state index is 11.3. The molecule has 3 aromatic heterocycles. The molecule has 0 aromatic carbocycles. The first kappa shape index (κ1) is 14.1. The van der Waals surface area contributed by atoms with Crippen molar-refractivity contribution in [3.8, 4) is 10.6 Å². The molecule has 4 heterocycles. The highest BCUT2D eigenvalue weighted by atomic mass is 32.1. The van der Waals surface area contributed by atoms with Gasteiger partial charge in [0.1, 0.15) is 12.1 Å². The average Bonchev–Trinajstić information content (AvgIpc) is 3.23. The molecule has 3 aromatic rings. The topological polar surface area (TPSA) is 95.0 Å². The summed E-state index contributed by atoms with van der Waals surface area (Å²) in [6, 6.07) is 4.00. The van der Waals surface area contributed by atoms with Crippen LogP contribution in [0.4, 0.5) is 5.82 Å². The van der Waals surface area contributed by atoms with Crippen LogP contribution in [0.5, 0.6) is 0 Å². The highest BCUT2D eigenvalue weighted by Gasteiger charge is 2.28. The number of rotatable bonds is 3. The fourth-order valence-corrected chi connectivity index (χ4v) is 3.78. The van der Waals surface area contributed by atoms with Crippen LogP contribution in [0, 0.1) is 5.92 Å². The Morgan fingerprint density at radius 1 is 1.43 bits per heavy atom. The van der Waals surface area contributed by atoms with Crippen LogP contribution in [0.25, 0.3) is 21.6 Å². The van der Waals surface area contributed by atoms with Gasteiger partial charge in [0.05, 0.1) is 21.9 Å². The van der Waals surface area contributed by atoms with E-state index in [1.165, 1.54) is 6.33 Å². The maximum Gasteiger partial charge on any atom is 0.308 e. The molecule has 1 saturated heterocycles. The summed E-state index contributed by atoms with van der Waals surface area (Å²) >= 11 is 1.62. The standard InChI is InChI=1S/C15H15N5O2S/c21-15(22)9-3-1-5-20(7-9)14-11-12(10-4-2-6-23-10)18-19-13(11)16-8-17-14/h2,4,6,8-9H,1,3,5,7H2,(H,21,22)(H,16,17,18,19). The SMILES string of the molecule is O=C(O)C1CCCN(c2ncnc3n[nH]c(-c4cccs4)c23)C1. The molecule has 0 saturated carbocycles. The molecule has 2 N–H and O–H groups in total. The first-order valence-electron chi connectivity index (χ1n) is 7.44. The number of carboxylic acid groups (broad SMARTS) is 1. The van der Waals surface area contributed by atoms with E-state index in [1.54, 1.807) is 11.3 Å². The third kappa shape index (κ3) is 2.44. The van der Waals surface area contributed by atoms with Crippen molar-refractivity contribution in [1.29, 1.82) is 0 Å². The summed E-state index contributed by atoms with van der Waals surface area (Å²) in [6.45, 7) is 1.27. The van der Waals surface area contributed by atoms with E-state index >= 15 is 0 Å². The van der Waals surface area contributed by atoms with Crippen LogP contribution in [0.1, 0.15) is 12.8 Å². The van der Waals surface area contributed by atoms with Crippen LogP contribution in [0.3, 0.4) is 0 Å². The Morgan fingerprint density at radius 2 is 2.35 bits per heavy atom. The van der Waals surface area contributed by atoms with Crippen LogP contribution in [0.15, 0.2) is 23.8 Å². The van der Waals surface area contributed by atoms with Gasteiger partial charge in [-0.25, -0.2) is 9.97 Å². The zero-order valence-corrected chi connectivity index (χ0v) is 13.1. The van der Waals surface area contributed by atoms with E-state index < -0.39 is 5.97 Å². The number of thiophene rings is 1. The highest BCUT2D eigenvalue weighted by Crippen LogP contribution is 2.35. The summed E-state index contributed by atoms with van der Waals surface area (Å²) < 4.78 is 0. The average molecular weight is 329 g/mol. The molecule has 4 rings (SSSR count). The minimum absolute atomic E-state index is 0.356. The minimum Gasteiger partial charge on any atom is -0.481 e. The molecule has 0 aliphatic carbocycles. The number of nitrogens with zero attached hydrogens (tertiary/aromatic N) is 4. The number of fused-ring (bicyclic) bond motifs is 1. The van der Waals surface area contributed by atoms with Crippen LogP contribution in [-0.2, 0) is 4.79 Å². The number of aromatic nitrogens is 4.